The minimum atomic E-state index is 0.173. The number of methoxy groups -OCH3 is 1. The molecule has 7 heteroatoms. The summed E-state index contributed by atoms with van der Waals surface area (Å²) in [4.78, 5) is 12.4. The fourth-order valence-corrected chi connectivity index (χ4v) is 2.19. The first-order chi connectivity index (χ1) is 10.0. The molecular weight excluding hydrogens is 292 g/mol. The highest BCUT2D eigenvalue weighted by atomic mass is 35.5. The van der Waals surface area contributed by atoms with Gasteiger partial charge in [-0.2, -0.15) is 9.97 Å². The van der Waals surface area contributed by atoms with Gasteiger partial charge >= 0.3 is 12.0 Å². The number of nitrogens with zero attached hydrogens (tertiary/aromatic N) is 3. The van der Waals surface area contributed by atoms with E-state index in [1.165, 1.54) is 7.11 Å². The largest absolute Gasteiger partial charge is 0.467 e. The topological polar surface area (TPSA) is 69.2 Å². The summed E-state index contributed by atoms with van der Waals surface area (Å²) in [7, 11) is 1.49. The average molecular weight is 309 g/mol. The predicted molar refractivity (Wildman–Crippen MR) is 81.5 cm³/mol. The Morgan fingerprint density at radius 2 is 1.71 bits per heavy atom. The molecule has 2 aromatic rings. The predicted octanol–water partition coefficient (Wildman–Crippen LogP) is 3.37. The fraction of sp³-hybridized carbons (Fsp3) is 0.357. The molecule has 0 bridgehead atoms. The van der Waals surface area contributed by atoms with Crippen LogP contribution in [-0.2, 0) is 0 Å². The van der Waals surface area contributed by atoms with E-state index < -0.39 is 0 Å². The quantitative estimate of drug-likeness (QED) is 0.913. The molecule has 0 spiro atoms. The van der Waals surface area contributed by atoms with E-state index >= 15 is 0 Å². The lowest BCUT2D eigenvalue weighted by molar-refractivity contribution is 0.359. The van der Waals surface area contributed by atoms with E-state index in [-0.39, 0.29) is 12.0 Å². The molecule has 0 unspecified atom stereocenters. The number of aromatic nitrogens is 3. The van der Waals surface area contributed by atoms with Gasteiger partial charge in [-0.25, -0.2) is 0 Å². The molecule has 112 valence electrons. The van der Waals surface area contributed by atoms with Crippen molar-refractivity contribution in [3.63, 3.8) is 0 Å². The number of hydrogen-bond donors (Lipinski definition) is 1. The second-order valence-corrected chi connectivity index (χ2v) is 4.87. The number of anilines is 1. The van der Waals surface area contributed by atoms with Crippen molar-refractivity contribution < 1.29 is 9.47 Å². The van der Waals surface area contributed by atoms with Gasteiger partial charge in [-0.05, 0) is 44.0 Å². The Morgan fingerprint density at radius 3 is 2.29 bits per heavy atom. The van der Waals surface area contributed by atoms with Crippen molar-refractivity contribution in [2.24, 2.45) is 0 Å². The first-order valence-electron chi connectivity index (χ1n) is 6.52. The van der Waals surface area contributed by atoms with E-state index in [1.807, 2.05) is 32.9 Å². The summed E-state index contributed by atoms with van der Waals surface area (Å²) < 4.78 is 10.8. The zero-order valence-corrected chi connectivity index (χ0v) is 13.2. The van der Waals surface area contributed by atoms with Crippen molar-refractivity contribution in [3.05, 3.63) is 28.3 Å². The smallest absolute Gasteiger partial charge is 0.330 e. The van der Waals surface area contributed by atoms with E-state index in [1.54, 1.807) is 0 Å². The molecule has 0 radical (unpaired) electrons. The van der Waals surface area contributed by atoms with Crippen molar-refractivity contribution in [2.45, 2.75) is 20.8 Å². The molecule has 0 amide bonds. The molecule has 21 heavy (non-hydrogen) atoms. The Kier molecular flexibility index (Phi) is 4.80. The van der Waals surface area contributed by atoms with Crippen LogP contribution in [0.2, 0.25) is 5.02 Å². The molecular formula is C14H17ClN4O2. The van der Waals surface area contributed by atoms with Gasteiger partial charge in [0.25, 0.3) is 0 Å². The fourth-order valence-electron chi connectivity index (χ4n) is 1.86. The standard InChI is InChI=1S/C14H17ClN4O2/c1-5-16-12-17-13(20-4)19-14(18-12)21-11-8(2)6-10(15)7-9(11)3/h6-7H,5H2,1-4H3,(H,16,17,18,19). The molecule has 0 aliphatic heterocycles. The second kappa shape index (κ2) is 6.58. The second-order valence-electron chi connectivity index (χ2n) is 4.43. The number of hydrogen-bond acceptors (Lipinski definition) is 6. The van der Waals surface area contributed by atoms with Crippen molar-refractivity contribution in [1.29, 1.82) is 0 Å². The van der Waals surface area contributed by atoms with E-state index in [2.05, 4.69) is 20.3 Å². The number of benzene rings is 1. The van der Waals surface area contributed by atoms with Crippen molar-refractivity contribution >= 4 is 17.5 Å². The van der Waals surface area contributed by atoms with Crippen LogP contribution in [0.25, 0.3) is 0 Å². The van der Waals surface area contributed by atoms with Gasteiger partial charge in [0, 0.05) is 11.6 Å². The number of ether oxygens (including phenoxy) is 2. The van der Waals surface area contributed by atoms with Crippen molar-refractivity contribution in [1.82, 2.24) is 15.0 Å². The minimum Gasteiger partial charge on any atom is -0.467 e. The third kappa shape index (κ3) is 3.72. The lowest BCUT2D eigenvalue weighted by Crippen LogP contribution is -2.06. The first kappa shape index (κ1) is 15.3. The van der Waals surface area contributed by atoms with Gasteiger partial charge < -0.3 is 14.8 Å². The Morgan fingerprint density at radius 1 is 1.10 bits per heavy atom. The number of halogens is 1. The molecule has 6 nitrogen and oxygen atoms in total. The Bertz CT molecular complexity index is 626. The van der Waals surface area contributed by atoms with E-state index in [0.29, 0.717) is 23.3 Å². The maximum Gasteiger partial charge on any atom is 0.330 e. The zero-order valence-electron chi connectivity index (χ0n) is 12.4. The molecule has 0 saturated heterocycles. The lowest BCUT2D eigenvalue weighted by Gasteiger charge is -2.12. The van der Waals surface area contributed by atoms with Crippen LogP contribution >= 0.6 is 11.6 Å². The van der Waals surface area contributed by atoms with E-state index in [4.69, 9.17) is 21.1 Å². The molecule has 0 fully saturated rings. The first-order valence-corrected chi connectivity index (χ1v) is 6.89. The summed E-state index contributed by atoms with van der Waals surface area (Å²) in [6.07, 6.45) is 0. The Balaban J connectivity index is 2.37. The van der Waals surface area contributed by atoms with Gasteiger partial charge in [0.2, 0.25) is 5.95 Å². The summed E-state index contributed by atoms with van der Waals surface area (Å²) in [5.41, 5.74) is 1.81. The van der Waals surface area contributed by atoms with Crippen LogP contribution in [0.1, 0.15) is 18.1 Å². The molecule has 0 aliphatic rings. The maximum atomic E-state index is 6.01. The van der Waals surface area contributed by atoms with Gasteiger partial charge in [-0.1, -0.05) is 11.6 Å². The van der Waals surface area contributed by atoms with Crippen LogP contribution in [0.15, 0.2) is 12.1 Å². The highest BCUT2D eigenvalue weighted by Gasteiger charge is 2.12. The zero-order chi connectivity index (χ0) is 15.4. The number of nitrogens with one attached hydrogen (secondary N) is 1. The summed E-state index contributed by atoms with van der Waals surface area (Å²) in [6, 6.07) is 4.02. The SMILES string of the molecule is CCNc1nc(OC)nc(Oc2c(C)cc(Cl)cc2C)n1. The minimum absolute atomic E-state index is 0.173. The van der Waals surface area contributed by atoms with E-state index in [9.17, 15) is 0 Å². The maximum absolute atomic E-state index is 6.01. The molecule has 0 saturated carbocycles. The number of rotatable bonds is 5. The van der Waals surface area contributed by atoms with Crippen LogP contribution in [-0.4, -0.2) is 28.6 Å². The Labute approximate surface area is 128 Å². The Hall–Kier alpha value is -2.08. The third-order valence-corrected chi connectivity index (χ3v) is 2.95. The van der Waals surface area contributed by atoms with Crippen molar-refractivity contribution in [3.8, 4) is 17.8 Å². The summed E-state index contributed by atoms with van der Waals surface area (Å²) >= 11 is 6.01. The average Bonchev–Trinajstić information content (AvgIpc) is 2.43. The van der Waals surface area contributed by atoms with Crippen LogP contribution < -0.4 is 14.8 Å². The number of aryl methyl sites for hydroxylation is 2. The molecule has 0 aliphatic carbocycles. The normalized spacial score (nSPS) is 10.3. The summed E-state index contributed by atoms with van der Waals surface area (Å²) in [5, 5.41) is 3.67. The molecule has 1 N–H and O–H groups in total. The third-order valence-electron chi connectivity index (χ3n) is 2.73. The van der Waals surface area contributed by atoms with Crippen LogP contribution in [0.3, 0.4) is 0 Å². The lowest BCUT2D eigenvalue weighted by atomic mass is 10.1. The van der Waals surface area contributed by atoms with Crippen molar-refractivity contribution in [2.75, 3.05) is 19.0 Å². The van der Waals surface area contributed by atoms with Gasteiger partial charge in [-0.3, -0.25) is 0 Å². The van der Waals surface area contributed by atoms with Gasteiger partial charge in [0.1, 0.15) is 5.75 Å². The highest BCUT2D eigenvalue weighted by molar-refractivity contribution is 6.30. The highest BCUT2D eigenvalue weighted by Crippen LogP contribution is 2.30. The van der Waals surface area contributed by atoms with Crippen LogP contribution in [0.5, 0.6) is 17.8 Å². The molecule has 1 aromatic heterocycles. The summed E-state index contributed by atoms with van der Waals surface area (Å²) in [6.45, 7) is 6.46. The summed E-state index contributed by atoms with van der Waals surface area (Å²) in [5.74, 6) is 1.08. The molecule has 0 atom stereocenters. The molecule has 1 aromatic carbocycles. The molecule has 1 heterocycles. The van der Waals surface area contributed by atoms with E-state index in [0.717, 1.165) is 11.1 Å². The van der Waals surface area contributed by atoms with Gasteiger partial charge in [0.15, 0.2) is 0 Å². The van der Waals surface area contributed by atoms with Crippen LogP contribution in [0.4, 0.5) is 5.95 Å². The van der Waals surface area contributed by atoms with Gasteiger partial charge in [-0.15, -0.1) is 4.98 Å². The molecule has 2 rings (SSSR count). The van der Waals surface area contributed by atoms with Gasteiger partial charge in [0.05, 0.1) is 7.11 Å². The monoisotopic (exact) mass is 308 g/mol. The van der Waals surface area contributed by atoms with Crippen LogP contribution in [0, 0.1) is 13.8 Å².